The molecule has 0 unspecified atom stereocenters. The number of hydrogen-bond donors (Lipinski definition) is 2. The van der Waals surface area contributed by atoms with Gasteiger partial charge in [0.15, 0.2) is 0 Å². The van der Waals surface area contributed by atoms with Crippen molar-refractivity contribution in [1.29, 1.82) is 0 Å². The Morgan fingerprint density at radius 1 is 0.742 bits per heavy atom. The van der Waals surface area contributed by atoms with Crippen LogP contribution in [0.2, 0.25) is 0 Å². The Morgan fingerprint density at radius 3 is 1.94 bits per heavy atom. The number of rotatable bonds is 14. The van der Waals surface area contributed by atoms with Crippen LogP contribution in [-0.2, 0) is 0 Å². The third kappa shape index (κ3) is 6.71. The molecule has 0 aliphatic heterocycles. The molecule has 168 valence electrons. The van der Waals surface area contributed by atoms with Gasteiger partial charge < -0.3 is 24.5 Å². The fourth-order valence-corrected chi connectivity index (χ4v) is 3.45. The Morgan fingerprint density at radius 2 is 1.32 bits per heavy atom. The molecule has 0 aliphatic carbocycles. The fraction of sp³-hybridized carbons (Fsp3) is 0.480. The zero-order chi connectivity index (χ0) is 21.9. The maximum Gasteiger partial charge on any atom is 0.344 e. The van der Waals surface area contributed by atoms with Gasteiger partial charge in [0, 0.05) is 16.8 Å². The van der Waals surface area contributed by atoms with E-state index < -0.39 is 0 Å². The molecule has 3 rings (SSSR count). The third-order valence-corrected chi connectivity index (χ3v) is 5.04. The topological polar surface area (TPSA) is 72.7 Å². The molecule has 6 nitrogen and oxygen atoms in total. The number of benzene rings is 2. The molecule has 2 N–H and O–H groups in total. The Bertz CT molecular complexity index is 1020. The van der Waals surface area contributed by atoms with E-state index in [9.17, 15) is 4.79 Å². The predicted molar refractivity (Wildman–Crippen MR) is 127 cm³/mol. The van der Waals surface area contributed by atoms with E-state index in [2.05, 4.69) is 24.5 Å². The molecule has 0 fully saturated rings. The monoisotopic (exact) mass is 426 g/mol. The first kappa shape index (κ1) is 23.1. The molecular formula is C25H34N2O4. The smallest absolute Gasteiger partial charge is 0.344 e. The predicted octanol–water partition coefficient (Wildman–Crippen LogP) is 4.48. The minimum atomic E-state index is -0.363. The molecular weight excluding hydrogens is 392 g/mol. The van der Waals surface area contributed by atoms with Gasteiger partial charge in [-0.3, -0.25) is 0 Å². The van der Waals surface area contributed by atoms with Gasteiger partial charge in [0.05, 0.1) is 18.6 Å². The molecule has 3 aromatic rings. The molecule has 31 heavy (non-hydrogen) atoms. The van der Waals surface area contributed by atoms with Gasteiger partial charge in [-0.15, -0.1) is 0 Å². The van der Waals surface area contributed by atoms with Crippen molar-refractivity contribution in [2.24, 2.45) is 0 Å². The number of ether oxygens (including phenoxy) is 2. The van der Waals surface area contributed by atoms with E-state index >= 15 is 0 Å². The van der Waals surface area contributed by atoms with Crippen molar-refractivity contribution in [2.75, 3.05) is 39.4 Å². The normalized spacial score (nSPS) is 11.3. The lowest BCUT2D eigenvalue weighted by Gasteiger charge is -2.10. The number of hydrogen-bond acceptors (Lipinski definition) is 6. The van der Waals surface area contributed by atoms with Gasteiger partial charge in [0.25, 0.3) is 0 Å². The van der Waals surface area contributed by atoms with Gasteiger partial charge in [-0.2, -0.15) is 0 Å². The summed E-state index contributed by atoms with van der Waals surface area (Å²) in [5, 5.41) is 8.99. The summed E-state index contributed by atoms with van der Waals surface area (Å²) in [5.41, 5.74) is 0.174. The molecule has 0 atom stereocenters. The molecule has 1 heterocycles. The largest absolute Gasteiger partial charge is 0.494 e. The Hall–Kier alpha value is -2.57. The summed E-state index contributed by atoms with van der Waals surface area (Å²) >= 11 is 0. The van der Waals surface area contributed by atoms with Gasteiger partial charge >= 0.3 is 5.63 Å². The molecule has 0 radical (unpaired) electrons. The van der Waals surface area contributed by atoms with Gasteiger partial charge in [-0.1, -0.05) is 13.8 Å². The van der Waals surface area contributed by atoms with Crippen LogP contribution in [0.1, 0.15) is 39.5 Å². The van der Waals surface area contributed by atoms with Crippen molar-refractivity contribution in [2.45, 2.75) is 39.5 Å². The molecule has 1 aromatic heterocycles. The van der Waals surface area contributed by atoms with E-state index in [1.165, 1.54) is 0 Å². The van der Waals surface area contributed by atoms with Gasteiger partial charge in [0.1, 0.15) is 17.1 Å². The minimum Gasteiger partial charge on any atom is -0.494 e. The first-order valence-electron chi connectivity index (χ1n) is 11.4. The highest BCUT2D eigenvalue weighted by molar-refractivity contribution is 6.04. The van der Waals surface area contributed by atoms with Crippen LogP contribution in [0.25, 0.3) is 21.7 Å². The summed E-state index contributed by atoms with van der Waals surface area (Å²) in [7, 11) is 0. The third-order valence-electron chi connectivity index (χ3n) is 5.04. The van der Waals surface area contributed by atoms with Gasteiger partial charge in [-0.25, -0.2) is 4.79 Å². The highest BCUT2D eigenvalue weighted by Gasteiger charge is 2.10. The van der Waals surface area contributed by atoms with Crippen molar-refractivity contribution < 1.29 is 13.9 Å². The average molecular weight is 427 g/mol. The average Bonchev–Trinajstić information content (AvgIpc) is 2.78. The van der Waals surface area contributed by atoms with E-state index in [1.807, 2.05) is 24.3 Å². The summed E-state index contributed by atoms with van der Waals surface area (Å²) in [6, 6.07) is 11.3. The molecule has 0 spiro atoms. The lowest BCUT2D eigenvalue weighted by Crippen LogP contribution is -2.18. The summed E-state index contributed by atoms with van der Waals surface area (Å²) in [4.78, 5) is 12.6. The fourth-order valence-electron chi connectivity index (χ4n) is 3.45. The van der Waals surface area contributed by atoms with Gasteiger partial charge in [-0.05, 0) is 82.2 Å². The van der Waals surface area contributed by atoms with Crippen LogP contribution < -0.4 is 25.7 Å². The quantitative estimate of drug-likeness (QED) is 0.225. The molecule has 0 amide bonds. The van der Waals surface area contributed by atoms with Gasteiger partial charge in [0.2, 0.25) is 0 Å². The van der Waals surface area contributed by atoms with E-state index in [-0.39, 0.29) is 5.63 Å². The van der Waals surface area contributed by atoms with E-state index in [4.69, 9.17) is 13.9 Å². The second-order valence-electron chi connectivity index (χ2n) is 7.66. The van der Waals surface area contributed by atoms with Crippen molar-refractivity contribution in [3.63, 3.8) is 0 Å². The summed E-state index contributed by atoms with van der Waals surface area (Å²) < 4.78 is 17.2. The van der Waals surface area contributed by atoms with Crippen LogP contribution in [0, 0.1) is 0 Å². The first-order valence-corrected chi connectivity index (χ1v) is 11.4. The molecule has 0 saturated carbocycles. The second-order valence-corrected chi connectivity index (χ2v) is 7.66. The second kappa shape index (κ2) is 12.3. The lowest BCUT2D eigenvalue weighted by atomic mass is 10.1. The highest BCUT2D eigenvalue weighted by Crippen LogP contribution is 2.28. The van der Waals surface area contributed by atoms with E-state index in [0.717, 1.165) is 62.6 Å². The van der Waals surface area contributed by atoms with Crippen molar-refractivity contribution in [1.82, 2.24) is 10.6 Å². The zero-order valence-electron chi connectivity index (χ0n) is 18.7. The summed E-state index contributed by atoms with van der Waals surface area (Å²) in [6.07, 6.45) is 4.10. The Kier molecular flexibility index (Phi) is 9.18. The summed E-state index contributed by atoms with van der Waals surface area (Å²) in [6.45, 7) is 9.43. The summed E-state index contributed by atoms with van der Waals surface area (Å²) in [5.74, 6) is 1.40. The molecule has 0 saturated heterocycles. The van der Waals surface area contributed by atoms with E-state index in [1.54, 1.807) is 12.1 Å². The van der Waals surface area contributed by atoms with Crippen LogP contribution in [0.3, 0.4) is 0 Å². The van der Waals surface area contributed by atoms with Crippen molar-refractivity contribution in [3.8, 4) is 11.5 Å². The molecule has 0 bridgehead atoms. The van der Waals surface area contributed by atoms with E-state index in [0.29, 0.717) is 35.7 Å². The Labute approximate surface area is 183 Å². The molecule has 2 aromatic carbocycles. The van der Waals surface area contributed by atoms with Crippen LogP contribution >= 0.6 is 0 Å². The number of nitrogens with one attached hydrogen (secondary N) is 2. The maximum absolute atomic E-state index is 12.6. The highest BCUT2D eigenvalue weighted by atomic mass is 16.5. The molecule has 0 aliphatic rings. The number of fused-ring (bicyclic) bond motifs is 3. The van der Waals surface area contributed by atoms with Crippen LogP contribution in [0.4, 0.5) is 0 Å². The minimum absolute atomic E-state index is 0.363. The van der Waals surface area contributed by atoms with Crippen LogP contribution in [0.5, 0.6) is 11.5 Å². The maximum atomic E-state index is 12.6. The molecule has 6 heteroatoms. The van der Waals surface area contributed by atoms with Crippen molar-refractivity contribution in [3.05, 3.63) is 46.8 Å². The SMILES string of the molecule is CCCNCCCOc1ccc2c(c1)oc(=O)c1cc(OCCCNCCC)ccc12. The zero-order valence-corrected chi connectivity index (χ0v) is 18.7. The van der Waals surface area contributed by atoms with Crippen LogP contribution in [-0.4, -0.2) is 39.4 Å². The first-order chi connectivity index (χ1) is 15.2. The lowest BCUT2D eigenvalue weighted by molar-refractivity contribution is 0.308. The van der Waals surface area contributed by atoms with Crippen LogP contribution in [0.15, 0.2) is 45.6 Å². The van der Waals surface area contributed by atoms with Crippen molar-refractivity contribution >= 4 is 21.7 Å². The Balaban J connectivity index is 1.65. The standard InChI is InChI=1S/C25H34N2O4/c1-3-11-26-13-5-15-29-19-7-9-21-22-10-8-20(30-16-6-14-27-12-4-2)18-24(22)31-25(28)23(21)17-19/h7-10,17-18,26-27H,3-6,11-16H2,1-2H3.